The van der Waals surface area contributed by atoms with Crippen molar-refractivity contribution in [3.8, 4) is 0 Å². The number of aromatic nitrogens is 3. The first-order valence-corrected chi connectivity index (χ1v) is 7.81. The lowest BCUT2D eigenvalue weighted by atomic mass is 10.1. The Hall–Kier alpha value is -1.88. The second-order valence-electron chi connectivity index (χ2n) is 5.17. The molecule has 4 nitrogen and oxygen atoms in total. The molecule has 1 saturated heterocycles. The summed E-state index contributed by atoms with van der Waals surface area (Å²) in [7, 11) is 0. The Morgan fingerprint density at radius 1 is 1.10 bits per heavy atom. The van der Waals surface area contributed by atoms with Gasteiger partial charge in [0.2, 0.25) is 0 Å². The van der Waals surface area contributed by atoms with Crippen molar-refractivity contribution in [1.29, 1.82) is 0 Å². The van der Waals surface area contributed by atoms with E-state index in [1.54, 1.807) is 11.3 Å². The monoisotopic (exact) mass is 284 g/mol. The Morgan fingerprint density at radius 2 is 1.95 bits per heavy atom. The fraction of sp³-hybridized carbons (Fsp3) is 0.333. The van der Waals surface area contributed by atoms with E-state index in [1.165, 1.54) is 4.70 Å². The molecule has 0 spiro atoms. The number of benzene rings is 1. The molecule has 0 aliphatic carbocycles. The minimum atomic E-state index is 0.538. The Morgan fingerprint density at radius 3 is 2.70 bits per heavy atom. The summed E-state index contributed by atoms with van der Waals surface area (Å²) in [5, 5.41) is 5.52. The van der Waals surface area contributed by atoms with Gasteiger partial charge in [0.25, 0.3) is 0 Å². The van der Waals surface area contributed by atoms with E-state index in [4.69, 9.17) is 4.98 Å². The number of hydrogen-bond acceptors (Lipinski definition) is 4. The Labute approximate surface area is 121 Å². The van der Waals surface area contributed by atoms with Crippen LogP contribution in [0.15, 0.2) is 42.7 Å². The van der Waals surface area contributed by atoms with E-state index in [0.717, 1.165) is 36.6 Å². The number of thiazole rings is 1. The van der Waals surface area contributed by atoms with Crippen molar-refractivity contribution in [1.82, 2.24) is 14.8 Å². The van der Waals surface area contributed by atoms with Crippen LogP contribution in [0.2, 0.25) is 0 Å². The van der Waals surface area contributed by atoms with Crippen LogP contribution in [0.4, 0.5) is 5.13 Å². The molecular weight excluding hydrogens is 268 g/mol. The fourth-order valence-corrected chi connectivity index (χ4v) is 3.83. The molecule has 1 aliphatic rings. The van der Waals surface area contributed by atoms with Crippen molar-refractivity contribution < 1.29 is 0 Å². The molecule has 0 atom stereocenters. The maximum Gasteiger partial charge on any atom is 0.186 e. The van der Waals surface area contributed by atoms with Gasteiger partial charge in [-0.1, -0.05) is 23.5 Å². The lowest BCUT2D eigenvalue weighted by Gasteiger charge is -2.31. The van der Waals surface area contributed by atoms with Gasteiger partial charge in [0.1, 0.15) is 0 Å². The van der Waals surface area contributed by atoms with Crippen LogP contribution in [0.25, 0.3) is 10.2 Å². The summed E-state index contributed by atoms with van der Waals surface area (Å²) >= 11 is 1.79. The molecular formula is C15H16N4S. The van der Waals surface area contributed by atoms with Gasteiger partial charge in [-0.15, -0.1) is 0 Å². The number of piperidine rings is 1. The predicted octanol–water partition coefficient (Wildman–Crippen LogP) is 3.33. The summed E-state index contributed by atoms with van der Waals surface area (Å²) < 4.78 is 3.37. The smallest absolute Gasteiger partial charge is 0.186 e. The van der Waals surface area contributed by atoms with Crippen molar-refractivity contribution in [3.63, 3.8) is 0 Å². The molecule has 2 aromatic heterocycles. The Bertz CT molecular complexity index is 663. The van der Waals surface area contributed by atoms with Gasteiger partial charge in [0.05, 0.1) is 16.3 Å². The van der Waals surface area contributed by atoms with Crippen molar-refractivity contribution in [2.45, 2.75) is 18.9 Å². The van der Waals surface area contributed by atoms with E-state index < -0.39 is 0 Å². The van der Waals surface area contributed by atoms with Crippen LogP contribution >= 0.6 is 11.3 Å². The molecule has 3 heterocycles. The number of hydrogen-bond donors (Lipinski definition) is 0. The minimum absolute atomic E-state index is 0.538. The SMILES string of the molecule is c1ccc2sc(N3CCC(n4cccn4)CC3)nc2c1. The molecule has 102 valence electrons. The highest BCUT2D eigenvalue weighted by molar-refractivity contribution is 7.22. The van der Waals surface area contributed by atoms with Gasteiger partial charge < -0.3 is 4.90 Å². The number of anilines is 1. The largest absolute Gasteiger partial charge is 0.348 e. The van der Waals surface area contributed by atoms with Crippen LogP contribution in [0.5, 0.6) is 0 Å². The summed E-state index contributed by atoms with van der Waals surface area (Å²) in [5.74, 6) is 0. The van der Waals surface area contributed by atoms with E-state index in [2.05, 4.69) is 45.1 Å². The number of fused-ring (bicyclic) bond motifs is 1. The van der Waals surface area contributed by atoms with E-state index in [9.17, 15) is 0 Å². The summed E-state index contributed by atoms with van der Waals surface area (Å²) in [6, 6.07) is 10.9. The van der Waals surface area contributed by atoms with Crippen LogP contribution in [-0.2, 0) is 0 Å². The fourth-order valence-electron chi connectivity index (χ4n) is 2.81. The van der Waals surface area contributed by atoms with Gasteiger partial charge in [0.15, 0.2) is 5.13 Å². The van der Waals surface area contributed by atoms with Gasteiger partial charge in [-0.3, -0.25) is 4.68 Å². The van der Waals surface area contributed by atoms with Gasteiger partial charge in [0, 0.05) is 25.5 Å². The lowest BCUT2D eigenvalue weighted by Crippen LogP contribution is -2.34. The van der Waals surface area contributed by atoms with Gasteiger partial charge >= 0.3 is 0 Å². The maximum absolute atomic E-state index is 4.75. The van der Waals surface area contributed by atoms with E-state index in [0.29, 0.717) is 6.04 Å². The van der Waals surface area contributed by atoms with Gasteiger partial charge in [-0.25, -0.2) is 4.98 Å². The molecule has 0 amide bonds. The minimum Gasteiger partial charge on any atom is -0.348 e. The molecule has 0 bridgehead atoms. The van der Waals surface area contributed by atoms with Gasteiger partial charge in [-0.05, 0) is 31.0 Å². The van der Waals surface area contributed by atoms with Crippen molar-refractivity contribution in [2.24, 2.45) is 0 Å². The van der Waals surface area contributed by atoms with E-state index >= 15 is 0 Å². The van der Waals surface area contributed by atoms with E-state index in [-0.39, 0.29) is 0 Å². The highest BCUT2D eigenvalue weighted by Crippen LogP contribution is 2.32. The molecule has 5 heteroatoms. The quantitative estimate of drug-likeness (QED) is 0.724. The third-order valence-corrected chi connectivity index (χ3v) is 5.01. The first-order chi connectivity index (χ1) is 9.90. The number of rotatable bonds is 2. The lowest BCUT2D eigenvalue weighted by molar-refractivity contribution is 0.367. The van der Waals surface area contributed by atoms with Crippen LogP contribution < -0.4 is 4.90 Å². The number of nitrogens with zero attached hydrogens (tertiary/aromatic N) is 4. The third kappa shape index (κ3) is 2.08. The van der Waals surface area contributed by atoms with Crippen LogP contribution in [0, 0.1) is 0 Å². The average Bonchev–Trinajstić information content (AvgIpc) is 3.17. The summed E-state index contributed by atoms with van der Waals surface area (Å²) in [6.07, 6.45) is 6.20. The Balaban J connectivity index is 1.51. The molecule has 20 heavy (non-hydrogen) atoms. The average molecular weight is 284 g/mol. The second kappa shape index (κ2) is 4.90. The molecule has 4 rings (SSSR count). The molecule has 1 fully saturated rings. The van der Waals surface area contributed by atoms with Crippen molar-refractivity contribution in [2.75, 3.05) is 18.0 Å². The standard InChI is InChI=1S/C15H16N4S/c1-2-5-14-13(4-1)17-15(20-14)18-10-6-12(7-11-18)19-9-3-8-16-19/h1-5,8-9,12H,6-7,10-11H2. The molecule has 0 N–H and O–H groups in total. The zero-order valence-corrected chi connectivity index (χ0v) is 12.0. The van der Waals surface area contributed by atoms with Crippen LogP contribution in [0.1, 0.15) is 18.9 Å². The molecule has 0 unspecified atom stereocenters. The number of para-hydroxylation sites is 1. The van der Waals surface area contributed by atoms with Crippen LogP contribution in [0.3, 0.4) is 0 Å². The summed E-state index contributed by atoms with van der Waals surface area (Å²) in [5.41, 5.74) is 1.11. The maximum atomic E-state index is 4.75. The molecule has 3 aromatic rings. The zero-order chi connectivity index (χ0) is 13.4. The third-order valence-electron chi connectivity index (χ3n) is 3.92. The summed E-state index contributed by atoms with van der Waals surface area (Å²) in [4.78, 5) is 7.15. The normalized spacial score (nSPS) is 16.9. The molecule has 0 saturated carbocycles. The zero-order valence-electron chi connectivity index (χ0n) is 11.1. The second-order valence-corrected chi connectivity index (χ2v) is 6.18. The predicted molar refractivity (Wildman–Crippen MR) is 82.3 cm³/mol. The molecule has 1 aliphatic heterocycles. The van der Waals surface area contributed by atoms with Crippen molar-refractivity contribution in [3.05, 3.63) is 42.7 Å². The van der Waals surface area contributed by atoms with Crippen molar-refractivity contribution >= 4 is 26.7 Å². The molecule has 1 aromatic carbocycles. The van der Waals surface area contributed by atoms with E-state index in [1.807, 2.05) is 12.3 Å². The van der Waals surface area contributed by atoms with Crippen LogP contribution in [-0.4, -0.2) is 27.9 Å². The summed E-state index contributed by atoms with van der Waals surface area (Å²) in [6.45, 7) is 2.12. The topological polar surface area (TPSA) is 34.0 Å². The first kappa shape index (κ1) is 11.9. The van der Waals surface area contributed by atoms with Gasteiger partial charge in [-0.2, -0.15) is 5.10 Å². The first-order valence-electron chi connectivity index (χ1n) is 7.00. The Kier molecular flexibility index (Phi) is 2.92. The highest BCUT2D eigenvalue weighted by Gasteiger charge is 2.22. The molecule has 0 radical (unpaired) electrons. The highest BCUT2D eigenvalue weighted by atomic mass is 32.1.